The van der Waals surface area contributed by atoms with Gasteiger partial charge < -0.3 is 10.1 Å². The topological polar surface area (TPSA) is 89.5 Å². The molecule has 0 atom stereocenters. The van der Waals surface area contributed by atoms with Crippen molar-refractivity contribution < 1.29 is 27.1 Å². The maximum Gasteiger partial charge on any atom is 0.341 e. The Kier molecular flexibility index (Phi) is 5.61. The Bertz CT molecular complexity index is 980. The number of nitrogens with one attached hydrogen (secondary N) is 1. The summed E-state index contributed by atoms with van der Waals surface area (Å²) < 4.78 is 42.3. The summed E-state index contributed by atoms with van der Waals surface area (Å²) in [6.07, 6.45) is 2.28. The Hall–Kier alpha value is -2.26. The smallest absolute Gasteiger partial charge is 0.341 e. The molecule has 0 saturated heterocycles. The molecular formula is C18H18FNO5S2. The first-order valence-corrected chi connectivity index (χ1v) is 10.8. The molecule has 1 aliphatic carbocycles. The minimum Gasteiger partial charge on any atom is -0.465 e. The third kappa shape index (κ3) is 4.19. The van der Waals surface area contributed by atoms with Gasteiger partial charge in [-0.3, -0.25) is 4.79 Å². The summed E-state index contributed by atoms with van der Waals surface area (Å²) in [6, 6.07) is 4.45. The van der Waals surface area contributed by atoms with Crippen molar-refractivity contribution in [2.75, 3.05) is 18.2 Å². The third-order valence-electron chi connectivity index (χ3n) is 4.33. The number of halogens is 1. The van der Waals surface area contributed by atoms with E-state index in [9.17, 15) is 22.4 Å². The lowest BCUT2D eigenvalue weighted by Gasteiger charge is -2.08. The second kappa shape index (κ2) is 7.77. The normalized spacial score (nSPS) is 13.3. The number of rotatable bonds is 6. The van der Waals surface area contributed by atoms with E-state index in [0.717, 1.165) is 41.8 Å². The molecule has 27 heavy (non-hydrogen) atoms. The van der Waals surface area contributed by atoms with Crippen LogP contribution in [0.3, 0.4) is 0 Å². The highest BCUT2D eigenvalue weighted by Crippen LogP contribution is 2.39. The van der Waals surface area contributed by atoms with Gasteiger partial charge in [0, 0.05) is 11.3 Å². The summed E-state index contributed by atoms with van der Waals surface area (Å²) in [5.41, 5.74) is 1.27. The van der Waals surface area contributed by atoms with Crippen LogP contribution in [0.15, 0.2) is 29.2 Å². The second-order valence-corrected chi connectivity index (χ2v) is 9.34. The molecule has 3 rings (SSSR count). The quantitative estimate of drug-likeness (QED) is 0.583. The fourth-order valence-corrected chi connectivity index (χ4v) is 5.52. The van der Waals surface area contributed by atoms with Crippen LogP contribution in [0.25, 0.3) is 0 Å². The van der Waals surface area contributed by atoms with E-state index in [2.05, 4.69) is 5.32 Å². The number of carbonyl (C=O) groups is 2. The number of hydrogen-bond acceptors (Lipinski definition) is 6. The van der Waals surface area contributed by atoms with Gasteiger partial charge in [-0.05, 0) is 49.1 Å². The molecule has 6 nitrogen and oxygen atoms in total. The van der Waals surface area contributed by atoms with Crippen molar-refractivity contribution in [3.63, 3.8) is 0 Å². The van der Waals surface area contributed by atoms with Gasteiger partial charge in [0.1, 0.15) is 10.8 Å². The fourth-order valence-electron chi connectivity index (χ4n) is 2.99. The Morgan fingerprint density at radius 3 is 2.59 bits per heavy atom. The van der Waals surface area contributed by atoms with Crippen LogP contribution in [0.2, 0.25) is 0 Å². The number of carbonyl (C=O) groups excluding carboxylic acids is 2. The molecule has 0 bridgehead atoms. The summed E-state index contributed by atoms with van der Waals surface area (Å²) >= 11 is 1.33. The van der Waals surface area contributed by atoms with Crippen LogP contribution in [0, 0.1) is 5.82 Å². The second-order valence-electron chi connectivity index (χ2n) is 6.12. The van der Waals surface area contributed by atoms with E-state index in [4.69, 9.17) is 4.74 Å². The molecule has 0 saturated carbocycles. The standard InChI is InChI=1S/C18H18FNO5S2/c1-25-18(22)16-13-3-2-4-14(13)26-17(16)20-15(21)9-10-27(23,24)12-7-5-11(19)6-8-12/h5-8H,2-4,9-10H2,1H3,(H,20,21). The summed E-state index contributed by atoms with van der Waals surface area (Å²) in [7, 11) is -2.43. The maximum absolute atomic E-state index is 12.9. The predicted octanol–water partition coefficient (Wildman–Crippen LogP) is 2.97. The zero-order valence-electron chi connectivity index (χ0n) is 14.6. The van der Waals surface area contributed by atoms with Crippen molar-refractivity contribution in [1.29, 1.82) is 0 Å². The number of hydrogen-bond donors (Lipinski definition) is 1. The molecule has 0 fully saturated rings. The molecular weight excluding hydrogens is 393 g/mol. The largest absolute Gasteiger partial charge is 0.465 e. The number of aryl methyl sites for hydroxylation is 1. The number of anilines is 1. The van der Waals surface area contributed by atoms with Crippen LogP contribution in [0.5, 0.6) is 0 Å². The summed E-state index contributed by atoms with van der Waals surface area (Å²) in [4.78, 5) is 25.3. The van der Waals surface area contributed by atoms with E-state index in [-0.39, 0.29) is 11.3 Å². The van der Waals surface area contributed by atoms with Crippen LogP contribution in [-0.2, 0) is 32.2 Å². The zero-order valence-corrected chi connectivity index (χ0v) is 16.2. The summed E-state index contributed by atoms with van der Waals surface area (Å²) in [6.45, 7) is 0. The Balaban J connectivity index is 1.70. The molecule has 0 unspecified atom stereocenters. The Labute approximate surface area is 160 Å². The molecule has 0 radical (unpaired) electrons. The number of thiophene rings is 1. The van der Waals surface area contributed by atoms with Crippen molar-refractivity contribution in [3.8, 4) is 0 Å². The molecule has 1 aromatic carbocycles. The number of benzene rings is 1. The average Bonchev–Trinajstić information content (AvgIpc) is 3.20. The molecule has 1 amide bonds. The molecule has 1 aromatic heterocycles. The number of methoxy groups -OCH3 is 1. The van der Waals surface area contributed by atoms with Crippen LogP contribution in [-0.4, -0.2) is 33.2 Å². The molecule has 0 aliphatic heterocycles. The fraction of sp³-hybridized carbons (Fsp3) is 0.333. The van der Waals surface area contributed by atoms with Gasteiger partial charge >= 0.3 is 5.97 Å². The molecule has 2 aromatic rings. The van der Waals surface area contributed by atoms with Crippen LogP contribution in [0.4, 0.5) is 9.39 Å². The lowest BCUT2D eigenvalue weighted by Crippen LogP contribution is -2.18. The van der Waals surface area contributed by atoms with Crippen LogP contribution < -0.4 is 5.32 Å². The lowest BCUT2D eigenvalue weighted by atomic mass is 10.1. The van der Waals surface area contributed by atoms with Gasteiger partial charge in [-0.15, -0.1) is 11.3 Å². The van der Waals surface area contributed by atoms with Gasteiger partial charge in [0.15, 0.2) is 9.84 Å². The molecule has 1 heterocycles. The molecule has 1 aliphatic rings. The number of amides is 1. The first kappa shape index (κ1) is 19.5. The molecule has 0 spiro atoms. The Morgan fingerprint density at radius 1 is 1.22 bits per heavy atom. The highest BCUT2D eigenvalue weighted by atomic mass is 32.2. The van der Waals surface area contributed by atoms with E-state index >= 15 is 0 Å². The summed E-state index contributed by atoms with van der Waals surface area (Å²) in [5, 5.41) is 3.04. The third-order valence-corrected chi connectivity index (χ3v) is 7.27. The van der Waals surface area contributed by atoms with E-state index in [1.165, 1.54) is 30.6 Å². The summed E-state index contributed by atoms with van der Waals surface area (Å²) in [5.74, 6) is -1.97. The van der Waals surface area contributed by atoms with Gasteiger partial charge in [0.05, 0.1) is 23.3 Å². The van der Waals surface area contributed by atoms with E-state index in [1.807, 2.05) is 0 Å². The lowest BCUT2D eigenvalue weighted by molar-refractivity contribution is -0.115. The van der Waals surface area contributed by atoms with E-state index in [1.54, 1.807) is 0 Å². The molecule has 144 valence electrons. The number of esters is 1. The monoisotopic (exact) mass is 411 g/mol. The van der Waals surface area contributed by atoms with Gasteiger partial charge in [0.2, 0.25) is 5.91 Å². The number of fused-ring (bicyclic) bond motifs is 1. The van der Waals surface area contributed by atoms with E-state index < -0.39 is 33.3 Å². The SMILES string of the molecule is COC(=O)c1c(NC(=O)CCS(=O)(=O)c2ccc(F)cc2)sc2c1CCC2. The van der Waals surface area contributed by atoms with Crippen molar-refractivity contribution in [1.82, 2.24) is 0 Å². The first-order chi connectivity index (χ1) is 12.8. The minimum absolute atomic E-state index is 0.0398. The van der Waals surface area contributed by atoms with E-state index in [0.29, 0.717) is 10.6 Å². The maximum atomic E-state index is 12.9. The number of ether oxygens (including phenoxy) is 1. The minimum atomic E-state index is -3.71. The highest BCUT2D eigenvalue weighted by molar-refractivity contribution is 7.91. The van der Waals surface area contributed by atoms with Crippen molar-refractivity contribution in [2.24, 2.45) is 0 Å². The number of sulfone groups is 1. The average molecular weight is 411 g/mol. The molecule has 1 N–H and O–H groups in total. The van der Waals surface area contributed by atoms with Gasteiger partial charge in [0.25, 0.3) is 0 Å². The zero-order chi connectivity index (χ0) is 19.6. The van der Waals surface area contributed by atoms with Crippen molar-refractivity contribution >= 4 is 38.1 Å². The van der Waals surface area contributed by atoms with Crippen molar-refractivity contribution in [3.05, 3.63) is 46.1 Å². The molecule has 9 heteroatoms. The highest BCUT2D eigenvalue weighted by Gasteiger charge is 2.28. The van der Waals surface area contributed by atoms with Gasteiger partial charge in [-0.2, -0.15) is 0 Å². The van der Waals surface area contributed by atoms with Crippen molar-refractivity contribution in [2.45, 2.75) is 30.6 Å². The first-order valence-electron chi connectivity index (χ1n) is 8.33. The van der Waals surface area contributed by atoms with Crippen LogP contribution in [0.1, 0.15) is 33.6 Å². The Morgan fingerprint density at radius 2 is 1.93 bits per heavy atom. The van der Waals surface area contributed by atoms with Crippen LogP contribution >= 0.6 is 11.3 Å². The van der Waals surface area contributed by atoms with Gasteiger partial charge in [-0.1, -0.05) is 0 Å². The van der Waals surface area contributed by atoms with Gasteiger partial charge in [-0.25, -0.2) is 17.6 Å². The predicted molar refractivity (Wildman–Crippen MR) is 99.4 cm³/mol.